The van der Waals surface area contributed by atoms with Crippen LogP contribution in [-0.2, 0) is 27.5 Å². The monoisotopic (exact) mass is 432 g/mol. The van der Waals surface area contributed by atoms with E-state index in [-0.39, 0.29) is 28.8 Å². The summed E-state index contributed by atoms with van der Waals surface area (Å²) >= 11 is 0. The summed E-state index contributed by atoms with van der Waals surface area (Å²) in [6, 6.07) is 14.7. The van der Waals surface area contributed by atoms with Gasteiger partial charge < -0.3 is 18.6 Å². The highest BCUT2D eigenvalue weighted by atomic mass is 32.2. The SMILES string of the molecule is COc1ccc(OC)c(S(=O)(=O)OCc2cc(=O)c(OCc3ccccc3)co2)c1. The standard InChI is InChI=1S/C21H20O8S/c1-25-16-8-9-19(26-2)21(11-16)30(23,24)29-13-17-10-18(22)20(14-27-17)28-12-15-6-4-3-5-7-15/h3-11,14H,12-13H2,1-2H3. The molecule has 0 radical (unpaired) electrons. The van der Waals surface area contributed by atoms with Gasteiger partial charge in [-0.25, -0.2) is 0 Å². The van der Waals surface area contributed by atoms with Gasteiger partial charge in [0.25, 0.3) is 0 Å². The van der Waals surface area contributed by atoms with Gasteiger partial charge in [-0.3, -0.25) is 8.98 Å². The summed E-state index contributed by atoms with van der Waals surface area (Å²) in [6.45, 7) is -0.275. The first-order valence-electron chi connectivity index (χ1n) is 8.83. The van der Waals surface area contributed by atoms with Crippen LogP contribution >= 0.6 is 0 Å². The van der Waals surface area contributed by atoms with Crippen LogP contribution in [0.3, 0.4) is 0 Å². The highest BCUT2D eigenvalue weighted by Gasteiger charge is 2.22. The minimum atomic E-state index is -4.20. The van der Waals surface area contributed by atoms with Crippen LogP contribution in [0.1, 0.15) is 11.3 Å². The van der Waals surface area contributed by atoms with Crippen molar-refractivity contribution in [2.45, 2.75) is 18.1 Å². The van der Waals surface area contributed by atoms with Crippen LogP contribution in [0.4, 0.5) is 0 Å². The average Bonchev–Trinajstić information content (AvgIpc) is 2.77. The van der Waals surface area contributed by atoms with E-state index in [0.717, 1.165) is 17.9 Å². The Hall–Kier alpha value is -3.30. The second-order valence-corrected chi connectivity index (χ2v) is 7.67. The van der Waals surface area contributed by atoms with E-state index in [4.69, 9.17) is 22.8 Å². The third-order valence-corrected chi connectivity index (χ3v) is 5.37. The summed E-state index contributed by atoms with van der Waals surface area (Å²) in [7, 11) is -1.45. The van der Waals surface area contributed by atoms with E-state index in [1.807, 2.05) is 30.3 Å². The summed E-state index contributed by atoms with van der Waals surface area (Å²) in [5.74, 6) is 0.462. The second-order valence-electron chi connectivity index (χ2n) is 6.08. The quantitative estimate of drug-likeness (QED) is 0.475. The summed E-state index contributed by atoms with van der Waals surface area (Å²) in [5.41, 5.74) is 0.440. The summed E-state index contributed by atoms with van der Waals surface area (Å²) in [6.07, 6.45) is 1.13. The van der Waals surface area contributed by atoms with Gasteiger partial charge in [-0.05, 0) is 17.7 Å². The largest absolute Gasteiger partial charge is 0.497 e. The van der Waals surface area contributed by atoms with Gasteiger partial charge in [0, 0.05) is 12.1 Å². The van der Waals surface area contributed by atoms with Crippen molar-refractivity contribution in [3.63, 3.8) is 0 Å². The van der Waals surface area contributed by atoms with Crippen LogP contribution in [0.25, 0.3) is 0 Å². The molecule has 0 unspecified atom stereocenters. The molecule has 0 aliphatic rings. The molecule has 0 spiro atoms. The maximum atomic E-state index is 12.6. The van der Waals surface area contributed by atoms with Gasteiger partial charge in [0.05, 0.1) is 14.2 Å². The number of hydrogen-bond donors (Lipinski definition) is 0. The van der Waals surface area contributed by atoms with Gasteiger partial charge in [-0.15, -0.1) is 0 Å². The number of methoxy groups -OCH3 is 2. The lowest BCUT2D eigenvalue weighted by Gasteiger charge is -2.11. The Morgan fingerprint density at radius 2 is 1.67 bits per heavy atom. The zero-order chi connectivity index (χ0) is 21.6. The van der Waals surface area contributed by atoms with Crippen molar-refractivity contribution in [3.05, 3.63) is 82.4 Å². The maximum Gasteiger partial charge on any atom is 0.301 e. The van der Waals surface area contributed by atoms with Crippen molar-refractivity contribution in [2.24, 2.45) is 0 Å². The lowest BCUT2D eigenvalue weighted by molar-refractivity contribution is 0.256. The Balaban J connectivity index is 1.70. The Morgan fingerprint density at radius 1 is 0.900 bits per heavy atom. The molecule has 0 fully saturated rings. The minimum absolute atomic E-state index is 0.0138. The molecule has 0 saturated carbocycles. The fraction of sp³-hybridized carbons (Fsp3) is 0.190. The van der Waals surface area contributed by atoms with Crippen molar-refractivity contribution in [3.8, 4) is 17.2 Å². The Bertz CT molecular complexity index is 1150. The van der Waals surface area contributed by atoms with E-state index in [1.54, 1.807) is 6.07 Å². The molecule has 3 rings (SSSR count). The fourth-order valence-electron chi connectivity index (χ4n) is 2.53. The molecule has 0 N–H and O–H groups in total. The predicted octanol–water partition coefficient (Wildman–Crippen LogP) is 3.14. The van der Waals surface area contributed by atoms with Crippen molar-refractivity contribution in [1.82, 2.24) is 0 Å². The van der Waals surface area contributed by atoms with E-state index in [9.17, 15) is 13.2 Å². The maximum absolute atomic E-state index is 12.6. The zero-order valence-electron chi connectivity index (χ0n) is 16.4. The molecule has 158 valence electrons. The molecule has 0 aliphatic heterocycles. The smallest absolute Gasteiger partial charge is 0.301 e. The van der Waals surface area contributed by atoms with Crippen molar-refractivity contribution >= 4 is 10.1 Å². The molecule has 0 saturated heterocycles. The van der Waals surface area contributed by atoms with Gasteiger partial charge in [0.1, 0.15) is 41.6 Å². The minimum Gasteiger partial charge on any atom is -0.497 e. The van der Waals surface area contributed by atoms with Gasteiger partial charge in [-0.1, -0.05) is 30.3 Å². The Kier molecular flexibility index (Phi) is 6.76. The highest BCUT2D eigenvalue weighted by molar-refractivity contribution is 7.86. The van der Waals surface area contributed by atoms with Crippen LogP contribution in [-0.4, -0.2) is 22.6 Å². The third kappa shape index (κ3) is 5.19. The number of rotatable bonds is 9. The van der Waals surface area contributed by atoms with Crippen LogP contribution < -0.4 is 19.6 Å². The molecule has 30 heavy (non-hydrogen) atoms. The molecule has 0 amide bonds. The zero-order valence-corrected chi connectivity index (χ0v) is 17.2. The van der Waals surface area contributed by atoms with Crippen LogP contribution in [0, 0.1) is 0 Å². The average molecular weight is 432 g/mol. The molecule has 8 nitrogen and oxygen atoms in total. The van der Waals surface area contributed by atoms with Crippen molar-refractivity contribution in [1.29, 1.82) is 0 Å². The Morgan fingerprint density at radius 3 is 2.33 bits per heavy atom. The molecule has 2 aromatic carbocycles. The molecule has 0 aliphatic carbocycles. The molecule has 0 bridgehead atoms. The van der Waals surface area contributed by atoms with Gasteiger partial charge in [0.2, 0.25) is 11.2 Å². The first-order chi connectivity index (χ1) is 14.4. The number of hydrogen-bond acceptors (Lipinski definition) is 8. The van der Waals surface area contributed by atoms with Gasteiger partial charge in [0.15, 0.2) is 0 Å². The molecule has 1 aromatic heterocycles. The number of ether oxygens (including phenoxy) is 3. The first-order valence-corrected chi connectivity index (χ1v) is 10.2. The lowest BCUT2D eigenvalue weighted by atomic mass is 10.2. The van der Waals surface area contributed by atoms with Crippen molar-refractivity contribution in [2.75, 3.05) is 14.2 Å². The second kappa shape index (κ2) is 9.47. The van der Waals surface area contributed by atoms with Crippen molar-refractivity contribution < 1.29 is 31.2 Å². The Labute approximate surface area is 173 Å². The normalized spacial score (nSPS) is 11.1. The molecular weight excluding hydrogens is 412 g/mol. The summed E-state index contributed by atoms with van der Waals surface area (Å²) in [4.78, 5) is 12.0. The van der Waals surface area contributed by atoms with Crippen LogP contribution in [0.15, 0.2) is 75.0 Å². The number of benzene rings is 2. The summed E-state index contributed by atoms with van der Waals surface area (Å²) < 4.78 is 51.0. The molecule has 0 atom stereocenters. The predicted molar refractivity (Wildman–Crippen MR) is 107 cm³/mol. The molecule has 9 heteroatoms. The molecule has 3 aromatic rings. The van der Waals surface area contributed by atoms with E-state index < -0.39 is 22.2 Å². The molecular formula is C21H20O8S. The summed E-state index contributed by atoms with van der Waals surface area (Å²) in [5, 5.41) is 0. The first kappa shape index (κ1) is 21.4. The van der Waals surface area contributed by atoms with E-state index in [0.29, 0.717) is 5.75 Å². The van der Waals surface area contributed by atoms with E-state index >= 15 is 0 Å². The van der Waals surface area contributed by atoms with Gasteiger partial charge in [-0.2, -0.15) is 8.42 Å². The highest BCUT2D eigenvalue weighted by Crippen LogP contribution is 2.30. The van der Waals surface area contributed by atoms with Crippen LogP contribution in [0.5, 0.6) is 17.2 Å². The third-order valence-electron chi connectivity index (χ3n) is 4.09. The fourth-order valence-corrected chi connectivity index (χ4v) is 3.59. The van der Waals surface area contributed by atoms with E-state index in [2.05, 4.69) is 0 Å². The van der Waals surface area contributed by atoms with E-state index in [1.165, 1.54) is 26.4 Å². The van der Waals surface area contributed by atoms with Crippen LogP contribution in [0.2, 0.25) is 0 Å². The topological polar surface area (TPSA) is 101 Å². The molecule has 1 heterocycles. The van der Waals surface area contributed by atoms with Gasteiger partial charge >= 0.3 is 10.1 Å². The lowest BCUT2D eigenvalue weighted by Crippen LogP contribution is -2.11.